The maximum Gasteiger partial charge on any atom is 0.215 e. The summed E-state index contributed by atoms with van der Waals surface area (Å²) in [5, 5.41) is 2.32. The molecule has 2 aliphatic heterocycles. The van der Waals surface area contributed by atoms with Crippen LogP contribution in [0.1, 0.15) is 22.3 Å². The Bertz CT molecular complexity index is 1900. The number of hydrogen-bond acceptors (Lipinski definition) is 2. The Morgan fingerprint density at radius 2 is 0.795 bits per heavy atom. The fraction of sp³-hybridized carbons (Fsp3) is 0.200. The molecule has 0 aromatic heterocycles. The van der Waals surface area contributed by atoms with Gasteiger partial charge in [0, 0.05) is 22.3 Å². The lowest BCUT2D eigenvalue weighted by Crippen LogP contribution is -2.52. The van der Waals surface area contributed by atoms with Crippen LogP contribution < -0.4 is 0 Å². The van der Waals surface area contributed by atoms with E-state index in [4.69, 9.17) is 9.78 Å². The van der Waals surface area contributed by atoms with Gasteiger partial charge in [0.05, 0.1) is 0 Å². The predicted molar refractivity (Wildman–Crippen MR) is 187 cm³/mol. The maximum absolute atomic E-state index is 6.74. The molecule has 4 heteroatoms. The molecule has 216 valence electrons. The average molecular weight is 605 g/mol. The van der Waals surface area contributed by atoms with Crippen molar-refractivity contribution in [1.82, 2.24) is 0 Å². The highest BCUT2D eigenvalue weighted by Crippen LogP contribution is 2.62. The van der Waals surface area contributed by atoms with E-state index in [2.05, 4.69) is 171 Å². The van der Waals surface area contributed by atoms with E-state index in [1.165, 1.54) is 0 Å². The van der Waals surface area contributed by atoms with E-state index in [0.717, 1.165) is 55.3 Å². The molecule has 2 nitrogen and oxygen atoms in total. The molecule has 0 N–H and O–H groups in total. The minimum atomic E-state index is -1.84. The van der Waals surface area contributed by atoms with Crippen molar-refractivity contribution in [2.24, 2.45) is 0 Å². The van der Waals surface area contributed by atoms with Crippen molar-refractivity contribution in [3.8, 4) is 45.2 Å². The minimum Gasteiger partial charge on any atom is -0.205 e. The van der Waals surface area contributed by atoms with Gasteiger partial charge < -0.3 is 0 Å². The smallest absolute Gasteiger partial charge is 0.205 e. The van der Waals surface area contributed by atoms with E-state index in [9.17, 15) is 0 Å². The summed E-state index contributed by atoms with van der Waals surface area (Å²) in [4.78, 5) is 13.5. The molecule has 2 atom stereocenters. The summed E-state index contributed by atoms with van der Waals surface area (Å²) in [7, 11) is -3.67. The molecule has 0 amide bonds. The first-order valence-corrected chi connectivity index (χ1v) is 22.3. The monoisotopic (exact) mass is 604 g/mol. The first kappa shape index (κ1) is 28.6. The molecule has 0 radical (unpaired) electrons. The van der Waals surface area contributed by atoms with E-state index in [-0.39, 0.29) is 0 Å². The lowest BCUT2D eigenvalue weighted by molar-refractivity contribution is -0.401. The Morgan fingerprint density at radius 1 is 0.455 bits per heavy atom. The lowest BCUT2D eigenvalue weighted by Gasteiger charge is -2.51. The molecule has 3 aliphatic rings. The molecular weight excluding hydrogens is 569 g/mol. The van der Waals surface area contributed by atoms with Gasteiger partial charge in [-0.1, -0.05) is 160 Å². The highest BCUT2D eigenvalue weighted by atomic mass is 28.3. The van der Waals surface area contributed by atoms with Crippen molar-refractivity contribution in [2.75, 3.05) is 0 Å². The molecule has 0 saturated heterocycles. The van der Waals surface area contributed by atoms with Gasteiger partial charge in [-0.2, -0.15) is 0 Å². The third-order valence-electron chi connectivity index (χ3n) is 8.25. The van der Waals surface area contributed by atoms with Crippen molar-refractivity contribution in [1.29, 1.82) is 0 Å². The largest absolute Gasteiger partial charge is 0.215 e. The molecule has 5 aromatic rings. The van der Waals surface area contributed by atoms with E-state index in [1.807, 2.05) is 0 Å². The SMILES string of the molecule is C[Si](C)(C)C#C[C@]12OO[C@](C#C[Si](C)(C)C)(c3ccccc31)c1c2c(-c2ccccc2)c2ccccc2c1-c1ccccc1. The predicted octanol–water partition coefficient (Wildman–Crippen LogP) is 9.70. The van der Waals surface area contributed by atoms with Gasteiger partial charge in [-0.3, -0.25) is 0 Å². The van der Waals surface area contributed by atoms with Gasteiger partial charge in [0.1, 0.15) is 16.1 Å². The standard InChI is InChI=1S/C40H36O2Si2/c1-43(2,3)27-25-39-33-23-15-16-24-34(33)40(42-41-39,26-28-44(4,5)6)38-36(30-19-11-8-12-20-30)32-22-14-13-21-31(32)35(37(38)39)29-17-9-7-10-18-29/h7-24H,1-6H3/t39-,40+. The van der Waals surface area contributed by atoms with Crippen LogP contribution in [0.25, 0.3) is 33.0 Å². The van der Waals surface area contributed by atoms with Gasteiger partial charge in [-0.25, -0.2) is 9.78 Å². The van der Waals surface area contributed by atoms with Crippen molar-refractivity contribution in [3.05, 3.63) is 131 Å². The fourth-order valence-electron chi connectivity index (χ4n) is 6.47. The third-order valence-corrected chi connectivity index (χ3v) is 10.00. The highest BCUT2D eigenvalue weighted by molar-refractivity contribution is 6.84. The van der Waals surface area contributed by atoms with Crippen LogP contribution in [0.15, 0.2) is 109 Å². The van der Waals surface area contributed by atoms with Gasteiger partial charge in [-0.15, -0.1) is 11.1 Å². The molecule has 2 bridgehead atoms. The zero-order valence-corrected chi connectivity index (χ0v) is 28.2. The molecule has 5 aromatic carbocycles. The third kappa shape index (κ3) is 4.50. The first-order valence-electron chi connectivity index (χ1n) is 15.3. The molecule has 8 rings (SSSR count). The molecule has 0 spiro atoms. The second-order valence-electron chi connectivity index (χ2n) is 13.9. The summed E-state index contributed by atoms with van der Waals surface area (Å²) in [6, 6.07) is 38.6. The summed E-state index contributed by atoms with van der Waals surface area (Å²) in [6.45, 7) is 13.6. The topological polar surface area (TPSA) is 18.5 Å². The summed E-state index contributed by atoms with van der Waals surface area (Å²) < 4.78 is 0. The number of rotatable bonds is 2. The summed E-state index contributed by atoms with van der Waals surface area (Å²) in [5.41, 5.74) is 13.7. The van der Waals surface area contributed by atoms with E-state index >= 15 is 0 Å². The van der Waals surface area contributed by atoms with Crippen molar-refractivity contribution >= 4 is 26.9 Å². The van der Waals surface area contributed by atoms with Crippen LogP contribution in [0.4, 0.5) is 0 Å². The Kier molecular flexibility index (Phi) is 6.63. The number of benzene rings is 5. The highest BCUT2D eigenvalue weighted by Gasteiger charge is 2.61. The van der Waals surface area contributed by atoms with Crippen LogP contribution in [-0.4, -0.2) is 16.1 Å². The van der Waals surface area contributed by atoms with Crippen LogP contribution >= 0.6 is 0 Å². The van der Waals surface area contributed by atoms with Crippen molar-refractivity contribution in [3.63, 3.8) is 0 Å². The van der Waals surface area contributed by atoms with E-state index in [0.29, 0.717) is 0 Å². The van der Waals surface area contributed by atoms with Crippen LogP contribution in [0.2, 0.25) is 39.3 Å². The van der Waals surface area contributed by atoms with Gasteiger partial charge >= 0.3 is 0 Å². The second-order valence-corrected chi connectivity index (χ2v) is 23.4. The zero-order chi connectivity index (χ0) is 30.7. The van der Waals surface area contributed by atoms with Crippen LogP contribution in [-0.2, 0) is 21.0 Å². The molecule has 1 aliphatic carbocycles. The van der Waals surface area contributed by atoms with E-state index in [1.54, 1.807) is 0 Å². The Morgan fingerprint density at radius 3 is 1.16 bits per heavy atom. The van der Waals surface area contributed by atoms with Crippen molar-refractivity contribution in [2.45, 2.75) is 50.5 Å². The number of hydrogen-bond donors (Lipinski definition) is 0. The normalized spacial score (nSPS) is 20.1. The maximum atomic E-state index is 6.74. The Balaban J connectivity index is 1.79. The molecule has 0 unspecified atom stereocenters. The van der Waals surface area contributed by atoms with Crippen LogP contribution in [0.5, 0.6) is 0 Å². The minimum absolute atomic E-state index is 1.01. The van der Waals surface area contributed by atoms with Gasteiger partial charge in [-0.05, 0) is 33.0 Å². The van der Waals surface area contributed by atoms with E-state index < -0.39 is 27.3 Å². The summed E-state index contributed by atoms with van der Waals surface area (Å²) in [5.74, 6) is 7.49. The molecule has 2 heterocycles. The molecule has 0 saturated carbocycles. The number of fused-ring (bicyclic) bond motifs is 2. The van der Waals surface area contributed by atoms with Gasteiger partial charge in [0.25, 0.3) is 0 Å². The summed E-state index contributed by atoms with van der Waals surface area (Å²) in [6.07, 6.45) is 0. The Labute approximate surface area is 263 Å². The quantitative estimate of drug-likeness (QED) is 0.113. The molecule has 0 fully saturated rings. The Hall–Kier alpha value is -4.17. The van der Waals surface area contributed by atoms with Gasteiger partial charge in [0.2, 0.25) is 11.2 Å². The van der Waals surface area contributed by atoms with Crippen LogP contribution in [0, 0.1) is 22.9 Å². The summed E-state index contributed by atoms with van der Waals surface area (Å²) >= 11 is 0. The molecule has 44 heavy (non-hydrogen) atoms. The van der Waals surface area contributed by atoms with Gasteiger partial charge in [0.15, 0.2) is 0 Å². The fourth-order valence-corrected chi connectivity index (χ4v) is 7.57. The molecular formula is C40H36O2Si2. The second kappa shape index (κ2) is 10.2. The van der Waals surface area contributed by atoms with Crippen LogP contribution in [0.3, 0.4) is 0 Å². The van der Waals surface area contributed by atoms with Crippen molar-refractivity contribution < 1.29 is 9.78 Å². The zero-order valence-electron chi connectivity index (χ0n) is 26.2. The average Bonchev–Trinajstić information content (AvgIpc) is 3.02. The lowest BCUT2D eigenvalue weighted by atomic mass is 9.62. The first-order chi connectivity index (χ1) is 21.0.